The van der Waals surface area contributed by atoms with Gasteiger partial charge in [0, 0.05) is 42.0 Å². The van der Waals surface area contributed by atoms with Crippen molar-refractivity contribution in [3.63, 3.8) is 0 Å². The highest BCUT2D eigenvalue weighted by Crippen LogP contribution is 2.20. The van der Waals surface area contributed by atoms with E-state index in [1.165, 1.54) is 0 Å². The molecule has 4 amide bonds. The minimum atomic E-state index is -1.09. The first-order chi connectivity index (χ1) is 23.9. The van der Waals surface area contributed by atoms with Crippen LogP contribution in [0.25, 0.3) is 10.9 Å². The summed E-state index contributed by atoms with van der Waals surface area (Å²) in [5, 5.41) is 12.5. The van der Waals surface area contributed by atoms with E-state index in [1.54, 1.807) is 6.20 Å². The van der Waals surface area contributed by atoms with Crippen molar-refractivity contribution in [2.45, 2.75) is 76.5 Å². The molecule has 4 aromatic rings. The minimum Gasteiger partial charge on any atom is -0.370 e. The number of rotatable bonds is 16. The number of aromatic nitrogens is 1. The Bertz CT molecular complexity index is 1760. The Balaban J connectivity index is 1.60. The van der Waals surface area contributed by atoms with E-state index in [2.05, 4.69) is 31.2 Å². The third-order valence-electron chi connectivity index (χ3n) is 7.95. The molecule has 0 saturated heterocycles. The van der Waals surface area contributed by atoms with Gasteiger partial charge in [-0.25, -0.2) is 0 Å². The molecule has 0 spiro atoms. The number of hydrogen-bond donors (Lipinski definition) is 7. The van der Waals surface area contributed by atoms with E-state index >= 15 is 0 Å². The molecule has 9 N–H and O–H groups in total. The number of carbonyl (C=O) groups excluding carboxylic acids is 4. The Labute approximate surface area is 292 Å². The van der Waals surface area contributed by atoms with E-state index in [-0.39, 0.29) is 50.0 Å². The zero-order chi connectivity index (χ0) is 36.1. The molecule has 0 aliphatic heterocycles. The van der Waals surface area contributed by atoms with E-state index < -0.39 is 35.5 Å². The molecular weight excluding hydrogens is 632 g/mol. The molecule has 4 rings (SSSR count). The number of aliphatic imine (C=N–C) groups is 1. The van der Waals surface area contributed by atoms with Gasteiger partial charge in [0.15, 0.2) is 5.96 Å². The van der Waals surface area contributed by atoms with Crippen molar-refractivity contribution in [3.05, 3.63) is 108 Å². The van der Waals surface area contributed by atoms with Crippen molar-refractivity contribution < 1.29 is 19.2 Å². The number of aromatic amines is 1. The molecule has 0 unspecified atom stereocenters. The van der Waals surface area contributed by atoms with Crippen LogP contribution in [0.1, 0.15) is 50.3 Å². The number of guanidine groups is 1. The second-order valence-electron chi connectivity index (χ2n) is 13.3. The summed E-state index contributed by atoms with van der Waals surface area (Å²) in [6.07, 6.45) is 2.85. The molecule has 0 saturated carbocycles. The average molecular weight is 681 g/mol. The number of nitrogens with two attached hydrogens (primary N) is 2. The van der Waals surface area contributed by atoms with Gasteiger partial charge >= 0.3 is 0 Å². The fourth-order valence-corrected chi connectivity index (χ4v) is 5.59. The standard InChI is InChI=1S/C38H48N8O4/c1-38(2,3)46-36(50)31(21-25-13-6-4-7-14-25)44-35(49)32(23-27-24-42-29-18-11-10-17-28(27)29)45-34(48)30(19-12-20-41-37(39)40)43-33(47)22-26-15-8-5-9-16-26/h4-11,13-18,24,30-32,42H,12,19-23H2,1-3H3,(H,43,47)(H,44,49)(H,45,48)(H,46,50)(H4,39,40,41)/t30-,31-,32-/m0/s1. The van der Waals surface area contributed by atoms with Crippen LogP contribution < -0.4 is 32.7 Å². The molecule has 3 atom stereocenters. The van der Waals surface area contributed by atoms with E-state index in [0.717, 1.165) is 27.6 Å². The summed E-state index contributed by atoms with van der Waals surface area (Å²) in [5.41, 5.74) is 13.8. The average Bonchev–Trinajstić information content (AvgIpc) is 3.48. The van der Waals surface area contributed by atoms with Crippen LogP contribution >= 0.6 is 0 Å². The SMILES string of the molecule is CC(C)(C)NC(=O)[C@H](Cc1ccccc1)NC(=O)[C@H](Cc1c[nH]c2ccccc12)NC(=O)[C@H](CCCN=C(N)N)NC(=O)Cc1ccccc1. The van der Waals surface area contributed by atoms with E-state index in [4.69, 9.17) is 11.5 Å². The van der Waals surface area contributed by atoms with Crippen molar-refractivity contribution in [1.82, 2.24) is 26.3 Å². The molecule has 12 heteroatoms. The molecule has 0 radical (unpaired) electrons. The summed E-state index contributed by atoms with van der Waals surface area (Å²) in [7, 11) is 0. The van der Waals surface area contributed by atoms with Crippen LogP contribution in [-0.2, 0) is 38.4 Å². The fraction of sp³-hybridized carbons (Fsp3) is 0.342. The Hall–Kier alpha value is -5.65. The third-order valence-corrected chi connectivity index (χ3v) is 7.95. The summed E-state index contributed by atoms with van der Waals surface area (Å²) in [5.74, 6) is -1.86. The van der Waals surface area contributed by atoms with Gasteiger partial charge in [-0.1, -0.05) is 78.9 Å². The summed E-state index contributed by atoms with van der Waals surface area (Å²) in [4.78, 5) is 62.0. The topological polar surface area (TPSA) is 197 Å². The number of H-pyrrole nitrogens is 1. The Kier molecular flexibility index (Phi) is 13.1. The highest BCUT2D eigenvalue weighted by atomic mass is 16.2. The van der Waals surface area contributed by atoms with Gasteiger partial charge in [-0.2, -0.15) is 0 Å². The lowest BCUT2D eigenvalue weighted by atomic mass is 10.0. The summed E-state index contributed by atoms with van der Waals surface area (Å²) in [6.45, 7) is 5.85. The van der Waals surface area contributed by atoms with Gasteiger partial charge in [0.1, 0.15) is 18.1 Å². The van der Waals surface area contributed by atoms with Crippen LogP contribution in [0.5, 0.6) is 0 Å². The number of nitrogens with one attached hydrogen (secondary N) is 5. The molecular formula is C38H48N8O4. The van der Waals surface area contributed by atoms with Crippen molar-refractivity contribution in [3.8, 4) is 0 Å². The first-order valence-corrected chi connectivity index (χ1v) is 16.8. The third kappa shape index (κ3) is 11.8. The highest BCUT2D eigenvalue weighted by Gasteiger charge is 2.31. The predicted octanol–water partition coefficient (Wildman–Crippen LogP) is 2.62. The largest absolute Gasteiger partial charge is 0.370 e. The van der Waals surface area contributed by atoms with Crippen LogP contribution in [0.2, 0.25) is 0 Å². The van der Waals surface area contributed by atoms with Crippen LogP contribution in [0.4, 0.5) is 0 Å². The van der Waals surface area contributed by atoms with E-state index in [0.29, 0.717) is 6.42 Å². The molecule has 3 aromatic carbocycles. The zero-order valence-electron chi connectivity index (χ0n) is 28.9. The fourth-order valence-electron chi connectivity index (χ4n) is 5.59. The number of fused-ring (bicyclic) bond motifs is 1. The second-order valence-corrected chi connectivity index (χ2v) is 13.3. The Morgan fingerprint density at radius 3 is 1.94 bits per heavy atom. The van der Waals surface area contributed by atoms with Gasteiger partial charge in [-0.3, -0.25) is 24.2 Å². The van der Waals surface area contributed by atoms with E-state index in [1.807, 2.05) is 106 Å². The van der Waals surface area contributed by atoms with Gasteiger partial charge in [-0.05, 0) is 56.4 Å². The zero-order valence-corrected chi connectivity index (χ0v) is 28.9. The monoisotopic (exact) mass is 680 g/mol. The summed E-state index contributed by atoms with van der Waals surface area (Å²) in [6, 6.07) is 23.3. The van der Waals surface area contributed by atoms with Gasteiger partial charge < -0.3 is 37.7 Å². The molecule has 0 aliphatic carbocycles. The maximum atomic E-state index is 14.2. The molecule has 1 heterocycles. The van der Waals surface area contributed by atoms with Gasteiger partial charge in [0.2, 0.25) is 23.6 Å². The highest BCUT2D eigenvalue weighted by molar-refractivity contribution is 5.95. The summed E-state index contributed by atoms with van der Waals surface area (Å²) >= 11 is 0. The second kappa shape index (κ2) is 17.7. The molecule has 50 heavy (non-hydrogen) atoms. The van der Waals surface area contributed by atoms with Crippen molar-refractivity contribution in [2.24, 2.45) is 16.5 Å². The molecule has 12 nitrogen and oxygen atoms in total. The number of carbonyl (C=O) groups is 4. The molecule has 1 aromatic heterocycles. The van der Waals surface area contributed by atoms with Crippen LogP contribution in [0, 0.1) is 0 Å². The normalized spacial score (nSPS) is 13.0. The lowest BCUT2D eigenvalue weighted by Gasteiger charge is -2.28. The number of hydrogen-bond acceptors (Lipinski definition) is 5. The maximum Gasteiger partial charge on any atom is 0.243 e. The number of para-hydroxylation sites is 1. The van der Waals surface area contributed by atoms with Gasteiger partial charge in [-0.15, -0.1) is 0 Å². The van der Waals surface area contributed by atoms with Crippen LogP contribution in [0.3, 0.4) is 0 Å². The van der Waals surface area contributed by atoms with Crippen molar-refractivity contribution in [2.75, 3.05) is 6.54 Å². The van der Waals surface area contributed by atoms with Crippen molar-refractivity contribution >= 4 is 40.5 Å². The number of nitrogens with zero attached hydrogens (tertiary/aromatic N) is 1. The minimum absolute atomic E-state index is 0.0713. The van der Waals surface area contributed by atoms with Gasteiger partial charge in [0.05, 0.1) is 6.42 Å². The smallest absolute Gasteiger partial charge is 0.243 e. The predicted molar refractivity (Wildman–Crippen MR) is 196 cm³/mol. The van der Waals surface area contributed by atoms with Gasteiger partial charge in [0.25, 0.3) is 0 Å². The Morgan fingerprint density at radius 2 is 1.30 bits per heavy atom. The number of benzene rings is 3. The first kappa shape index (κ1) is 37.2. The van der Waals surface area contributed by atoms with Crippen LogP contribution in [0.15, 0.2) is 96.1 Å². The first-order valence-electron chi connectivity index (χ1n) is 16.8. The number of amides is 4. The van der Waals surface area contributed by atoms with E-state index in [9.17, 15) is 19.2 Å². The van der Waals surface area contributed by atoms with Crippen molar-refractivity contribution in [1.29, 1.82) is 0 Å². The quantitative estimate of drug-likeness (QED) is 0.0540. The van der Waals surface area contributed by atoms with Crippen LogP contribution in [-0.4, -0.2) is 64.8 Å². The lowest BCUT2D eigenvalue weighted by Crippen LogP contribution is -2.59. The maximum absolute atomic E-state index is 14.2. The molecule has 0 fully saturated rings. The molecule has 0 bridgehead atoms. The Morgan fingerprint density at radius 1 is 0.720 bits per heavy atom. The lowest BCUT2D eigenvalue weighted by molar-refractivity contribution is -0.134. The molecule has 264 valence electrons. The summed E-state index contributed by atoms with van der Waals surface area (Å²) < 4.78 is 0. The molecule has 0 aliphatic rings.